The van der Waals surface area contributed by atoms with Crippen LogP contribution in [0.2, 0.25) is 0 Å². The Bertz CT molecular complexity index is 405. The maximum atomic E-state index is 10.3. The highest BCUT2D eigenvalue weighted by molar-refractivity contribution is 5.17. The van der Waals surface area contributed by atoms with Gasteiger partial charge in [-0.3, -0.25) is 0 Å². The van der Waals surface area contributed by atoms with Crippen LogP contribution in [0, 0.1) is 5.92 Å². The lowest BCUT2D eigenvalue weighted by molar-refractivity contribution is 0.0882. The second-order valence-corrected chi connectivity index (χ2v) is 7.30. The third kappa shape index (κ3) is 5.77. The number of rotatable bonds is 5. The molecule has 0 spiro atoms. The zero-order valence-corrected chi connectivity index (χ0v) is 13.7. The molecule has 1 heterocycles. The summed E-state index contributed by atoms with van der Waals surface area (Å²) in [4.78, 5) is 2.39. The van der Waals surface area contributed by atoms with Crippen molar-refractivity contribution in [1.82, 2.24) is 10.2 Å². The molecule has 118 valence electrons. The Morgan fingerprint density at radius 3 is 2.38 bits per heavy atom. The summed E-state index contributed by atoms with van der Waals surface area (Å²) >= 11 is 0. The molecular weight excluding hydrogens is 260 g/mol. The van der Waals surface area contributed by atoms with Crippen LogP contribution in [-0.4, -0.2) is 41.7 Å². The van der Waals surface area contributed by atoms with Gasteiger partial charge in [-0.15, -0.1) is 0 Å². The Hall–Kier alpha value is -0.900. The lowest BCUT2D eigenvalue weighted by Crippen LogP contribution is -2.43. The molecule has 1 atom stereocenters. The molecule has 0 bridgehead atoms. The Balaban J connectivity index is 1.72. The molecule has 1 aromatic carbocycles. The molecule has 1 aromatic rings. The average Bonchev–Trinajstić information content (AvgIpc) is 2.46. The van der Waals surface area contributed by atoms with Crippen LogP contribution in [0.15, 0.2) is 30.3 Å². The van der Waals surface area contributed by atoms with Crippen LogP contribution in [-0.2, 0) is 0 Å². The van der Waals surface area contributed by atoms with E-state index in [0.29, 0.717) is 0 Å². The van der Waals surface area contributed by atoms with Crippen molar-refractivity contribution >= 4 is 0 Å². The van der Waals surface area contributed by atoms with Gasteiger partial charge in [0, 0.05) is 12.1 Å². The number of aliphatic hydroxyl groups is 1. The van der Waals surface area contributed by atoms with Crippen molar-refractivity contribution in [3.05, 3.63) is 35.9 Å². The molecule has 0 amide bonds. The minimum absolute atomic E-state index is 0.209. The van der Waals surface area contributed by atoms with E-state index in [9.17, 15) is 5.11 Å². The Morgan fingerprint density at radius 1 is 1.19 bits per heavy atom. The number of aliphatic hydroxyl groups excluding tert-OH is 1. The SMILES string of the molecule is CC(C)(C)NCC1CCN(CC(O)c2ccccc2)CC1. The van der Waals surface area contributed by atoms with Gasteiger partial charge in [-0.2, -0.15) is 0 Å². The number of piperidine rings is 1. The molecular formula is C18H30N2O. The zero-order valence-electron chi connectivity index (χ0n) is 13.7. The molecule has 1 saturated heterocycles. The van der Waals surface area contributed by atoms with Crippen LogP contribution in [0.5, 0.6) is 0 Å². The monoisotopic (exact) mass is 290 g/mol. The maximum Gasteiger partial charge on any atom is 0.0916 e. The van der Waals surface area contributed by atoms with Gasteiger partial charge < -0.3 is 15.3 Å². The van der Waals surface area contributed by atoms with E-state index >= 15 is 0 Å². The Labute approximate surface area is 129 Å². The van der Waals surface area contributed by atoms with Gasteiger partial charge in [-0.25, -0.2) is 0 Å². The molecule has 3 nitrogen and oxygen atoms in total. The van der Waals surface area contributed by atoms with E-state index in [1.54, 1.807) is 0 Å². The largest absolute Gasteiger partial charge is 0.387 e. The fraction of sp³-hybridized carbons (Fsp3) is 0.667. The predicted octanol–water partition coefficient (Wildman–Crippen LogP) is 2.82. The molecule has 1 aliphatic rings. The smallest absolute Gasteiger partial charge is 0.0916 e. The number of nitrogens with one attached hydrogen (secondary N) is 1. The van der Waals surface area contributed by atoms with Crippen LogP contribution in [0.25, 0.3) is 0 Å². The number of hydrogen-bond donors (Lipinski definition) is 2. The van der Waals surface area contributed by atoms with Crippen molar-refractivity contribution in [3.8, 4) is 0 Å². The third-order valence-electron chi connectivity index (χ3n) is 4.24. The summed E-state index contributed by atoms with van der Waals surface area (Å²) in [6, 6.07) is 9.98. The number of β-amino-alcohol motifs (C(OH)–C–C–N with tert-alkyl or cyclic N) is 1. The standard InChI is InChI=1S/C18H30N2O/c1-18(2,3)19-13-15-9-11-20(12-10-15)14-17(21)16-7-5-4-6-8-16/h4-8,15,17,19,21H,9-14H2,1-3H3. The number of hydrogen-bond acceptors (Lipinski definition) is 3. The van der Waals surface area contributed by atoms with E-state index in [4.69, 9.17) is 0 Å². The molecule has 0 aliphatic carbocycles. The summed E-state index contributed by atoms with van der Waals surface area (Å²) in [6.45, 7) is 10.7. The summed E-state index contributed by atoms with van der Waals surface area (Å²) in [6.07, 6.45) is 2.09. The summed E-state index contributed by atoms with van der Waals surface area (Å²) in [5.74, 6) is 0.773. The molecule has 21 heavy (non-hydrogen) atoms. The molecule has 2 N–H and O–H groups in total. The Morgan fingerprint density at radius 2 is 1.81 bits per heavy atom. The van der Waals surface area contributed by atoms with E-state index in [0.717, 1.165) is 37.7 Å². The molecule has 0 saturated carbocycles. The maximum absolute atomic E-state index is 10.3. The topological polar surface area (TPSA) is 35.5 Å². The lowest BCUT2D eigenvalue weighted by atomic mass is 9.95. The second-order valence-electron chi connectivity index (χ2n) is 7.30. The van der Waals surface area contributed by atoms with Gasteiger partial charge in [0.2, 0.25) is 0 Å². The van der Waals surface area contributed by atoms with Crippen molar-refractivity contribution in [3.63, 3.8) is 0 Å². The van der Waals surface area contributed by atoms with E-state index in [2.05, 4.69) is 31.0 Å². The van der Waals surface area contributed by atoms with Gasteiger partial charge in [0.15, 0.2) is 0 Å². The van der Waals surface area contributed by atoms with Crippen molar-refractivity contribution in [2.75, 3.05) is 26.2 Å². The summed E-state index contributed by atoms with van der Waals surface area (Å²) < 4.78 is 0. The quantitative estimate of drug-likeness (QED) is 0.875. The van der Waals surface area contributed by atoms with Gasteiger partial charge in [0.1, 0.15) is 0 Å². The predicted molar refractivity (Wildman–Crippen MR) is 88.3 cm³/mol. The van der Waals surface area contributed by atoms with Crippen LogP contribution in [0.4, 0.5) is 0 Å². The molecule has 1 fully saturated rings. The van der Waals surface area contributed by atoms with Crippen LogP contribution >= 0.6 is 0 Å². The molecule has 3 heteroatoms. The highest BCUT2D eigenvalue weighted by Gasteiger charge is 2.22. The van der Waals surface area contributed by atoms with Gasteiger partial charge in [0.05, 0.1) is 6.10 Å². The van der Waals surface area contributed by atoms with Crippen molar-refractivity contribution in [2.24, 2.45) is 5.92 Å². The molecule has 0 aromatic heterocycles. The first kappa shape index (κ1) is 16.5. The average molecular weight is 290 g/mol. The van der Waals surface area contributed by atoms with Crippen LogP contribution < -0.4 is 5.32 Å². The van der Waals surface area contributed by atoms with Crippen LogP contribution in [0.3, 0.4) is 0 Å². The minimum atomic E-state index is -0.365. The first-order valence-corrected chi connectivity index (χ1v) is 8.14. The van der Waals surface area contributed by atoms with Crippen molar-refractivity contribution in [1.29, 1.82) is 0 Å². The highest BCUT2D eigenvalue weighted by atomic mass is 16.3. The molecule has 2 rings (SSSR count). The Kier molecular flexibility index (Phi) is 5.80. The van der Waals surface area contributed by atoms with Gasteiger partial charge in [-0.1, -0.05) is 30.3 Å². The summed E-state index contributed by atoms with van der Waals surface area (Å²) in [7, 11) is 0. The van der Waals surface area contributed by atoms with Crippen molar-refractivity contribution in [2.45, 2.75) is 45.3 Å². The van der Waals surface area contributed by atoms with E-state index in [-0.39, 0.29) is 11.6 Å². The normalized spacial score (nSPS) is 19.6. The third-order valence-corrected chi connectivity index (χ3v) is 4.24. The number of likely N-dealkylation sites (tertiary alicyclic amines) is 1. The number of nitrogens with zero attached hydrogens (tertiary/aromatic N) is 1. The lowest BCUT2D eigenvalue weighted by Gasteiger charge is -2.34. The van der Waals surface area contributed by atoms with Crippen molar-refractivity contribution < 1.29 is 5.11 Å². The number of benzene rings is 1. The second kappa shape index (κ2) is 7.39. The summed E-state index contributed by atoms with van der Waals surface area (Å²) in [5, 5.41) is 13.9. The first-order valence-electron chi connectivity index (χ1n) is 8.14. The first-order chi connectivity index (χ1) is 9.94. The summed E-state index contributed by atoms with van der Waals surface area (Å²) in [5.41, 5.74) is 1.23. The van der Waals surface area contributed by atoms with E-state index in [1.807, 2.05) is 30.3 Å². The van der Waals surface area contributed by atoms with E-state index < -0.39 is 0 Å². The van der Waals surface area contributed by atoms with Crippen LogP contribution in [0.1, 0.15) is 45.3 Å². The van der Waals surface area contributed by atoms with Gasteiger partial charge in [-0.05, 0) is 64.7 Å². The van der Waals surface area contributed by atoms with Gasteiger partial charge in [0.25, 0.3) is 0 Å². The minimum Gasteiger partial charge on any atom is -0.387 e. The zero-order chi connectivity index (χ0) is 15.3. The van der Waals surface area contributed by atoms with E-state index in [1.165, 1.54) is 12.8 Å². The van der Waals surface area contributed by atoms with Gasteiger partial charge >= 0.3 is 0 Å². The molecule has 1 unspecified atom stereocenters. The fourth-order valence-corrected chi connectivity index (χ4v) is 2.85. The fourth-order valence-electron chi connectivity index (χ4n) is 2.85. The molecule has 0 radical (unpaired) electrons. The molecule has 1 aliphatic heterocycles. The highest BCUT2D eigenvalue weighted by Crippen LogP contribution is 2.20.